The summed E-state index contributed by atoms with van der Waals surface area (Å²) in [5.74, 6) is 1.23. The Labute approximate surface area is 271 Å². The van der Waals surface area contributed by atoms with Gasteiger partial charge in [0.1, 0.15) is 23.6 Å². The number of hydrogen-bond acceptors (Lipinski definition) is 7. The molecule has 0 amide bonds. The van der Waals surface area contributed by atoms with Crippen LogP contribution in [0.4, 0.5) is 4.39 Å². The van der Waals surface area contributed by atoms with Crippen molar-refractivity contribution in [1.82, 2.24) is 10.2 Å². The average Bonchev–Trinajstić information content (AvgIpc) is 3.56. The number of esters is 1. The van der Waals surface area contributed by atoms with Gasteiger partial charge in [0, 0.05) is 16.7 Å². The van der Waals surface area contributed by atoms with E-state index in [2.05, 4.69) is 54.3 Å². The van der Waals surface area contributed by atoms with Crippen molar-refractivity contribution >= 4 is 21.7 Å². The van der Waals surface area contributed by atoms with Gasteiger partial charge in [0.05, 0.1) is 15.0 Å². The van der Waals surface area contributed by atoms with Gasteiger partial charge >= 0.3 is 5.97 Å². The van der Waals surface area contributed by atoms with Crippen LogP contribution < -0.4 is 9.26 Å². The van der Waals surface area contributed by atoms with Crippen LogP contribution in [0, 0.1) is 11.2 Å². The molecule has 1 heterocycles. The van der Waals surface area contributed by atoms with Crippen LogP contribution in [0.2, 0.25) is 0 Å². The predicted octanol–water partition coefficient (Wildman–Crippen LogP) is 9.53. The quantitative estimate of drug-likeness (QED) is 0.0650. The standard InChI is InChI=1S/C30H33N2O4P.C7H5FO/c1-6-29(2,3)19-30(4,5)23-13-7-22(8-14-23)28(33)34-24-15-9-20(10-16-24)26-31-32-27(35-26)21-11-17-25(36-37)18-12-21;8-7-3-1-6(5-9)2-4-7/h7-18H,6,19,37H2,1-5H3;1-5H. The fourth-order valence-corrected chi connectivity index (χ4v) is 5.14. The third kappa shape index (κ3) is 9.18. The number of aldehydes is 1. The van der Waals surface area contributed by atoms with Gasteiger partial charge in [0.25, 0.3) is 0 Å². The number of rotatable bonds is 10. The highest BCUT2D eigenvalue weighted by atomic mass is 31.0. The molecular weight excluding hydrogens is 602 g/mol. The van der Waals surface area contributed by atoms with Crippen molar-refractivity contribution in [2.75, 3.05) is 0 Å². The molecule has 0 aliphatic rings. The van der Waals surface area contributed by atoms with Crippen LogP contribution in [0.5, 0.6) is 11.5 Å². The minimum absolute atomic E-state index is 0.0128. The van der Waals surface area contributed by atoms with Crippen molar-refractivity contribution < 1.29 is 27.7 Å². The number of carbonyl (C=O) groups is 2. The Bertz CT molecular complexity index is 1730. The molecule has 0 saturated heterocycles. The molecule has 7 nitrogen and oxygen atoms in total. The minimum atomic E-state index is -0.399. The van der Waals surface area contributed by atoms with Gasteiger partial charge in [0.15, 0.2) is 0 Å². The molecule has 0 fully saturated rings. The first-order chi connectivity index (χ1) is 21.9. The summed E-state index contributed by atoms with van der Waals surface area (Å²) in [6, 6.07) is 27.4. The summed E-state index contributed by atoms with van der Waals surface area (Å²) >= 11 is 0. The highest BCUT2D eigenvalue weighted by Crippen LogP contribution is 2.38. The zero-order valence-electron chi connectivity index (χ0n) is 26.6. The van der Waals surface area contributed by atoms with Crippen molar-refractivity contribution in [3.63, 3.8) is 0 Å². The van der Waals surface area contributed by atoms with E-state index in [0.29, 0.717) is 34.9 Å². The lowest BCUT2D eigenvalue weighted by Crippen LogP contribution is -2.26. The fraction of sp³-hybridized carbons (Fsp3) is 0.243. The molecule has 1 unspecified atom stereocenters. The molecule has 5 aromatic rings. The van der Waals surface area contributed by atoms with E-state index in [4.69, 9.17) is 13.7 Å². The second kappa shape index (κ2) is 15.1. The molecule has 0 radical (unpaired) electrons. The van der Waals surface area contributed by atoms with Crippen molar-refractivity contribution in [3.05, 3.63) is 120 Å². The Balaban J connectivity index is 0.000000459. The van der Waals surface area contributed by atoms with E-state index < -0.39 is 5.97 Å². The van der Waals surface area contributed by atoms with Gasteiger partial charge in [-0.1, -0.05) is 53.2 Å². The largest absolute Gasteiger partial charge is 0.480 e. The van der Waals surface area contributed by atoms with E-state index >= 15 is 0 Å². The number of halogens is 1. The number of carbonyl (C=O) groups excluding carboxylic acids is 2. The number of benzene rings is 4. The second-order valence-corrected chi connectivity index (χ2v) is 12.5. The highest BCUT2D eigenvalue weighted by Gasteiger charge is 2.29. The van der Waals surface area contributed by atoms with Gasteiger partial charge in [-0.05, 0) is 108 Å². The van der Waals surface area contributed by atoms with E-state index in [1.165, 1.54) is 29.8 Å². The van der Waals surface area contributed by atoms with E-state index in [0.717, 1.165) is 29.7 Å². The maximum Gasteiger partial charge on any atom is 0.343 e. The number of aromatic nitrogens is 2. The van der Waals surface area contributed by atoms with Crippen LogP contribution in [0.15, 0.2) is 101 Å². The molecule has 0 aliphatic heterocycles. The first kappa shape index (κ1) is 34.2. The number of hydrogen-bond donors (Lipinski definition) is 0. The summed E-state index contributed by atoms with van der Waals surface area (Å²) < 4.78 is 28.6. The molecule has 0 saturated carbocycles. The molecule has 5 rings (SSSR count). The van der Waals surface area contributed by atoms with Crippen molar-refractivity contribution in [2.24, 2.45) is 5.41 Å². The van der Waals surface area contributed by atoms with E-state index in [9.17, 15) is 14.0 Å². The topological polar surface area (TPSA) is 91.5 Å². The third-order valence-corrected chi connectivity index (χ3v) is 8.03. The van der Waals surface area contributed by atoms with Crippen LogP contribution in [-0.2, 0) is 5.41 Å². The van der Waals surface area contributed by atoms with Gasteiger partial charge < -0.3 is 13.7 Å². The molecule has 0 bridgehead atoms. The Morgan fingerprint density at radius 3 is 1.80 bits per heavy atom. The van der Waals surface area contributed by atoms with Crippen molar-refractivity contribution in [2.45, 2.75) is 52.9 Å². The summed E-state index contributed by atoms with van der Waals surface area (Å²) in [7, 11) is 2.21. The number of ether oxygens (including phenoxy) is 1. The van der Waals surface area contributed by atoms with Gasteiger partial charge in [-0.25, -0.2) is 9.18 Å². The van der Waals surface area contributed by atoms with Crippen LogP contribution in [0.25, 0.3) is 22.9 Å². The molecule has 0 spiro atoms. The molecule has 4 aromatic carbocycles. The highest BCUT2D eigenvalue weighted by molar-refractivity contribution is 7.10. The van der Waals surface area contributed by atoms with Gasteiger partial charge in [-0.3, -0.25) is 4.79 Å². The lowest BCUT2D eigenvalue weighted by Gasteiger charge is -2.35. The summed E-state index contributed by atoms with van der Waals surface area (Å²) in [6.45, 7) is 11.3. The molecule has 1 aromatic heterocycles. The Kier molecular flexibility index (Phi) is 11.2. The van der Waals surface area contributed by atoms with Crippen LogP contribution in [0.1, 0.15) is 73.7 Å². The summed E-state index contributed by atoms with van der Waals surface area (Å²) in [4.78, 5) is 22.7. The van der Waals surface area contributed by atoms with Gasteiger partial charge in [-0.15, -0.1) is 10.2 Å². The third-order valence-electron chi connectivity index (χ3n) is 7.76. The summed E-state index contributed by atoms with van der Waals surface area (Å²) in [5.41, 5.74) is 4.00. The van der Waals surface area contributed by atoms with Crippen LogP contribution in [-0.4, -0.2) is 22.5 Å². The number of nitrogens with zero attached hydrogens (tertiary/aromatic N) is 2. The van der Waals surface area contributed by atoms with Crippen LogP contribution >= 0.6 is 9.47 Å². The zero-order valence-corrected chi connectivity index (χ0v) is 27.8. The van der Waals surface area contributed by atoms with E-state index in [1.807, 2.05) is 48.5 Å². The molecule has 1 atom stereocenters. The maximum absolute atomic E-state index is 12.7. The Hall–Kier alpha value is -4.68. The molecule has 0 aliphatic carbocycles. The molecule has 46 heavy (non-hydrogen) atoms. The molecule has 9 heteroatoms. The monoisotopic (exact) mass is 640 g/mol. The SMILES string of the molecule is CCC(C)(C)CC(C)(C)c1ccc(C(=O)Oc2ccc(-c3nnc(-c4ccc(OP)cc4)o3)cc2)cc1.O=Cc1ccc(F)cc1. The molecular formula is C37H38FN2O5P. The molecule has 0 N–H and O–H groups in total. The van der Waals surface area contributed by atoms with Gasteiger partial charge in [-0.2, -0.15) is 0 Å². The smallest absolute Gasteiger partial charge is 0.343 e. The van der Waals surface area contributed by atoms with E-state index in [1.54, 1.807) is 24.3 Å². The van der Waals surface area contributed by atoms with Crippen molar-refractivity contribution in [3.8, 4) is 34.4 Å². The summed E-state index contributed by atoms with van der Waals surface area (Å²) in [6.07, 6.45) is 2.86. The lowest BCUT2D eigenvalue weighted by molar-refractivity contribution is 0.0734. The van der Waals surface area contributed by atoms with Crippen molar-refractivity contribution in [1.29, 1.82) is 0 Å². The zero-order chi connectivity index (χ0) is 33.3. The summed E-state index contributed by atoms with van der Waals surface area (Å²) in [5, 5.41) is 8.27. The molecule has 238 valence electrons. The predicted molar refractivity (Wildman–Crippen MR) is 180 cm³/mol. The Morgan fingerprint density at radius 1 is 0.804 bits per heavy atom. The second-order valence-electron chi connectivity index (χ2n) is 12.3. The van der Waals surface area contributed by atoms with Crippen LogP contribution in [0.3, 0.4) is 0 Å². The first-order valence-electron chi connectivity index (χ1n) is 14.9. The lowest BCUT2D eigenvalue weighted by atomic mass is 9.70. The maximum atomic E-state index is 12.7. The Morgan fingerprint density at radius 2 is 1.33 bits per heavy atom. The fourth-order valence-electron chi connectivity index (χ4n) is 4.99. The minimum Gasteiger partial charge on any atom is -0.480 e. The average molecular weight is 641 g/mol. The normalized spacial score (nSPS) is 11.3. The van der Waals surface area contributed by atoms with Gasteiger partial charge in [0.2, 0.25) is 11.8 Å². The first-order valence-corrected chi connectivity index (χ1v) is 15.3. The van der Waals surface area contributed by atoms with E-state index in [-0.39, 0.29) is 16.6 Å².